The molecule has 0 radical (unpaired) electrons. The van der Waals surface area contributed by atoms with Crippen molar-refractivity contribution in [3.8, 4) is 0 Å². The number of rotatable bonds is 2. The van der Waals surface area contributed by atoms with E-state index in [2.05, 4.69) is 29.8 Å². The lowest BCUT2D eigenvalue weighted by Crippen LogP contribution is -2.44. The van der Waals surface area contributed by atoms with Crippen LogP contribution in [0.4, 0.5) is 5.69 Å². The van der Waals surface area contributed by atoms with Gasteiger partial charge in [0, 0.05) is 35.2 Å². The molecule has 0 bridgehead atoms. The number of anilines is 1. The maximum Gasteiger partial charge on any atom is 0.107 e. The van der Waals surface area contributed by atoms with Crippen molar-refractivity contribution in [3.05, 3.63) is 36.0 Å². The van der Waals surface area contributed by atoms with Crippen LogP contribution < -0.4 is 10.6 Å². The first-order chi connectivity index (χ1) is 9.98. The van der Waals surface area contributed by atoms with Crippen LogP contribution in [0.15, 0.2) is 30.5 Å². The first-order valence-corrected chi connectivity index (χ1v) is 8.44. The molecule has 2 aromatic rings. The number of nitrogens with zero attached hydrogens (tertiary/aromatic N) is 2. The molecule has 1 aromatic carbocycles. The highest BCUT2D eigenvalue weighted by Gasteiger charge is 2.29. The lowest BCUT2D eigenvalue weighted by molar-refractivity contribution is 0.648. The largest absolute Gasteiger partial charge is 0.389 e. The fourth-order valence-electron chi connectivity index (χ4n) is 2.86. The Morgan fingerprint density at radius 1 is 1.38 bits per heavy atom. The molecule has 3 rings (SSSR count). The molecular formula is C16H19N3S2. The van der Waals surface area contributed by atoms with Crippen LogP contribution in [0, 0.1) is 0 Å². The van der Waals surface area contributed by atoms with Gasteiger partial charge in [0.15, 0.2) is 0 Å². The summed E-state index contributed by atoms with van der Waals surface area (Å²) in [4.78, 5) is 7.32. The van der Waals surface area contributed by atoms with Gasteiger partial charge < -0.3 is 10.6 Å². The van der Waals surface area contributed by atoms with E-state index in [1.807, 2.05) is 36.2 Å². The van der Waals surface area contributed by atoms with Gasteiger partial charge in [-0.25, -0.2) is 0 Å². The number of thiocarbonyl (C=S) groups is 1. The van der Waals surface area contributed by atoms with Crippen LogP contribution in [0.5, 0.6) is 0 Å². The van der Waals surface area contributed by atoms with Gasteiger partial charge in [0.25, 0.3) is 0 Å². The molecule has 2 N–H and O–H groups in total. The number of thioether (sulfide) groups is 1. The zero-order valence-corrected chi connectivity index (χ0v) is 13.9. The van der Waals surface area contributed by atoms with E-state index in [9.17, 15) is 0 Å². The molecule has 1 saturated heterocycles. The second-order valence-electron chi connectivity index (χ2n) is 5.93. The number of hydrogen-bond acceptors (Lipinski definition) is 4. The molecule has 110 valence electrons. The van der Waals surface area contributed by atoms with Crippen LogP contribution in [0.3, 0.4) is 0 Å². The van der Waals surface area contributed by atoms with Gasteiger partial charge in [0.1, 0.15) is 4.99 Å². The van der Waals surface area contributed by atoms with Gasteiger partial charge in [-0.15, -0.1) is 0 Å². The highest BCUT2D eigenvalue weighted by atomic mass is 32.2. The number of hydrogen-bond donors (Lipinski definition) is 1. The van der Waals surface area contributed by atoms with Crippen LogP contribution in [0.2, 0.25) is 0 Å². The van der Waals surface area contributed by atoms with E-state index in [0.29, 0.717) is 4.99 Å². The van der Waals surface area contributed by atoms with Crippen LogP contribution in [0.1, 0.15) is 19.4 Å². The van der Waals surface area contributed by atoms with Gasteiger partial charge in [-0.05, 0) is 19.9 Å². The van der Waals surface area contributed by atoms with Crippen LogP contribution in [-0.2, 0) is 0 Å². The molecule has 1 aliphatic heterocycles. The third kappa shape index (κ3) is 2.85. The van der Waals surface area contributed by atoms with Crippen molar-refractivity contribution in [2.75, 3.05) is 23.7 Å². The number of nitrogens with two attached hydrogens (primary N) is 1. The molecule has 1 fully saturated rings. The van der Waals surface area contributed by atoms with E-state index in [4.69, 9.17) is 18.0 Å². The average molecular weight is 317 g/mol. The average Bonchev–Trinajstić information content (AvgIpc) is 2.44. The Morgan fingerprint density at radius 2 is 2.14 bits per heavy atom. The summed E-state index contributed by atoms with van der Waals surface area (Å²) in [6.45, 7) is 6.57. The number of aromatic nitrogens is 1. The molecule has 2 heterocycles. The van der Waals surface area contributed by atoms with Crippen molar-refractivity contribution in [1.82, 2.24) is 4.98 Å². The molecule has 5 heteroatoms. The second kappa shape index (κ2) is 5.46. The fourth-order valence-corrected chi connectivity index (χ4v) is 4.12. The maximum atomic E-state index is 5.94. The Bertz CT molecular complexity index is 697. The highest BCUT2D eigenvalue weighted by molar-refractivity contribution is 8.00. The Labute approximate surface area is 134 Å². The van der Waals surface area contributed by atoms with Crippen molar-refractivity contribution < 1.29 is 0 Å². The molecule has 0 atom stereocenters. The molecule has 0 aliphatic carbocycles. The standard InChI is InChI=1S/C16H19N3S2/c1-16(2)10-19(7-8-21-16)14-11-5-3-4-6-13(11)18-9-12(14)15(17)20/h3-6,9H,7-8,10H2,1-2H3,(H2,17,20). The number of para-hydroxylation sites is 1. The van der Waals surface area contributed by atoms with E-state index < -0.39 is 0 Å². The minimum Gasteiger partial charge on any atom is -0.389 e. The zero-order chi connectivity index (χ0) is 15.0. The summed E-state index contributed by atoms with van der Waals surface area (Å²) in [6.07, 6.45) is 1.81. The number of fused-ring (bicyclic) bond motifs is 1. The molecular weight excluding hydrogens is 298 g/mol. The first-order valence-electron chi connectivity index (χ1n) is 7.04. The summed E-state index contributed by atoms with van der Waals surface area (Å²) in [5, 5.41) is 1.13. The summed E-state index contributed by atoms with van der Waals surface area (Å²) in [5.74, 6) is 1.11. The second-order valence-corrected chi connectivity index (χ2v) is 8.17. The van der Waals surface area contributed by atoms with Crippen molar-refractivity contribution in [3.63, 3.8) is 0 Å². The van der Waals surface area contributed by atoms with Gasteiger partial charge in [-0.2, -0.15) is 11.8 Å². The SMILES string of the molecule is CC1(C)CN(c2c(C(N)=S)cnc3ccccc23)CCS1. The van der Waals surface area contributed by atoms with E-state index in [1.165, 1.54) is 0 Å². The van der Waals surface area contributed by atoms with Crippen molar-refractivity contribution >= 4 is 45.6 Å². The van der Waals surface area contributed by atoms with E-state index in [0.717, 1.165) is 41.0 Å². The summed E-state index contributed by atoms with van der Waals surface area (Å²) in [7, 11) is 0. The molecule has 0 spiro atoms. The van der Waals surface area contributed by atoms with Crippen LogP contribution in [0.25, 0.3) is 10.9 Å². The molecule has 1 aromatic heterocycles. The van der Waals surface area contributed by atoms with Gasteiger partial charge in [0.2, 0.25) is 0 Å². The minimum atomic E-state index is 0.232. The van der Waals surface area contributed by atoms with Crippen molar-refractivity contribution in [2.24, 2.45) is 5.73 Å². The monoisotopic (exact) mass is 317 g/mol. The third-order valence-corrected chi connectivity index (χ3v) is 5.27. The molecule has 0 unspecified atom stereocenters. The zero-order valence-electron chi connectivity index (χ0n) is 12.3. The molecule has 0 saturated carbocycles. The summed E-state index contributed by atoms with van der Waals surface area (Å²) >= 11 is 7.26. The van der Waals surface area contributed by atoms with Gasteiger partial charge in [-0.3, -0.25) is 4.98 Å². The van der Waals surface area contributed by atoms with Crippen molar-refractivity contribution in [2.45, 2.75) is 18.6 Å². The smallest absolute Gasteiger partial charge is 0.107 e. The third-order valence-electron chi connectivity index (χ3n) is 3.75. The molecule has 0 amide bonds. The van der Waals surface area contributed by atoms with E-state index in [-0.39, 0.29) is 4.75 Å². The Kier molecular flexibility index (Phi) is 3.80. The first kappa shape index (κ1) is 14.6. The van der Waals surface area contributed by atoms with Gasteiger partial charge >= 0.3 is 0 Å². The van der Waals surface area contributed by atoms with Crippen LogP contribution in [-0.4, -0.2) is 33.6 Å². The summed E-state index contributed by atoms with van der Waals surface area (Å²) in [6, 6.07) is 8.19. The Morgan fingerprint density at radius 3 is 2.86 bits per heavy atom. The highest BCUT2D eigenvalue weighted by Crippen LogP contribution is 2.36. The van der Waals surface area contributed by atoms with Gasteiger partial charge in [-0.1, -0.05) is 30.4 Å². The fraction of sp³-hybridized carbons (Fsp3) is 0.375. The lowest BCUT2D eigenvalue weighted by Gasteiger charge is -2.40. The predicted octanol–water partition coefficient (Wildman–Crippen LogP) is 3.20. The summed E-state index contributed by atoms with van der Waals surface area (Å²) < 4.78 is 0.232. The molecule has 3 nitrogen and oxygen atoms in total. The van der Waals surface area contributed by atoms with E-state index in [1.54, 1.807) is 0 Å². The number of benzene rings is 1. The minimum absolute atomic E-state index is 0.232. The van der Waals surface area contributed by atoms with Gasteiger partial charge in [0.05, 0.1) is 16.8 Å². The van der Waals surface area contributed by atoms with E-state index >= 15 is 0 Å². The Hall–Kier alpha value is -1.33. The lowest BCUT2D eigenvalue weighted by atomic mass is 10.1. The number of pyridine rings is 1. The normalized spacial score (nSPS) is 17.9. The van der Waals surface area contributed by atoms with Crippen molar-refractivity contribution in [1.29, 1.82) is 0 Å². The predicted molar refractivity (Wildman–Crippen MR) is 96.4 cm³/mol. The quantitative estimate of drug-likeness (QED) is 0.862. The molecule has 21 heavy (non-hydrogen) atoms. The van der Waals surface area contributed by atoms with Crippen LogP contribution >= 0.6 is 24.0 Å². The molecule has 1 aliphatic rings. The summed E-state index contributed by atoms with van der Waals surface area (Å²) in [5.41, 5.74) is 8.95. The Balaban J connectivity index is 2.18. The topological polar surface area (TPSA) is 42.1 Å². The maximum absolute atomic E-state index is 5.94.